The lowest BCUT2D eigenvalue weighted by Crippen LogP contribution is -2.49. The first-order valence-electron chi connectivity index (χ1n) is 8.70. The molecule has 1 aliphatic heterocycles. The van der Waals surface area contributed by atoms with Gasteiger partial charge in [-0.2, -0.15) is 0 Å². The van der Waals surface area contributed by atoms with Crippen LogP contribution < -0.4 is 0 Å². The predicted octanol–water partition coefficient (Wildman–Crippen LogP) is 2.55. The number of aliphatic hydroxyl groups is 1. The van der Waals surface area contributed by atoms with Crippen molar-refractivity contribution in [3.8, 4) is 0 Å². The van der Waals surface area contributed by atoms with Gasteiger partial charge in [-0.05, 0) is 49.4 Å². The van der Waals surface area contributed by atoms with Crippen molar-refractivity contribution in [3.05, 3.63) is 35.0 Å². The largest absolute Gasteiger partial charge is 0.508 e. The van der Waals surface area contributed by atoms with E-state index in [4.69, 9.17) is 4.74 Å². The van der Waals surface area contributed by atoms with Crippen molar-refractivity contribution in [1.29, 1.82) is 0 Å². The quantitative estimate of drug-likeness (QED) is 0.832. The Labute approximate surface area is 147 Å². The van der Waals surface area contributed by atoms with Gasteiger partial charge in [-0.3, -0.25) is 4.90 Å². The third-order valence-corrected chi connectivity index (χ3v) is 4.92. The Bertz CT molecular complexity index is 755. The number of methoxy groups -OCH3 is 1. The van der Waals surface area contributed by atoms with Crippen molar-refractivity contribution in [1.82, 2.24) is 9.88 Å². The standard InChI is InChI=1S/C19H26N2O4/c1-12-8-13(2)18-14(10-20-15(18)9-12)4-6-21-7-5-16(22)17(11-21)25-19(23)24-3/h8-10,16-17,20,22H,4-7,11H2,1-3H3/t16-,17+/m1/s1. The molecule has 0 radical (unpaired) electrons. The highest BCUT2D eigenvalue weighted by Gasteiger charge is 2.31. The number of aromatic amines is 1. The van der Waals surface area contributed by atoms with Crippen LogP contribution in [0, 0.1) is 13.8 Å². The van der Waals surface area contributed by atoms with Gasteiger partial charge in [0.15, 0.2) is 0 Å². The van der Waals surface area contributed by atoms with Gasteiger partial charge >= 0.3 is 6.16 Å². The number of carbonyl (C=O) groups excluding carboxylic acids is 1. The molecule has 2 N–H and O–H groups in total. The monoisotopic (exact) mass is 346 g/mol. The summed E-state index contributed by atoms with van der Waals surface area (Å²) in [5, 5.41) is 11.3. The molecule has 1 aromatic heterocycles. The molecule has 2 aromatic rings. The zero-order chi connectivity index (χ0) is 18.0. The molecular formula is C19H26N2O4. The van der Waals surface area contributed by atoms with Crippen molar-refractivity contribution < 1.29 is 19.4 Å². The van der Waals surface area contributed by atoms with Crippen molar-refractivity contribution >= 4 is 17.1 Å². The van der Waals surface area contributed by atoms with Gasteiger partial charge in [-0.15, -0.1) is 0 Å². The Morgan fingerprint density at radius 3 is 2.96 bits per heavy atom. The summed E-state index contributed by atoms with van der Waals surface area (Å²) in [5.74, 6) is 0. The predicted molar refractivity (Wildman–Crippen MR) is 95.8 cm³/mol. The number of ether oxygens (including phenoxy) is 2. The number of carbonyl (C=O) groups is 1. The highest BCUT2D eigenvalue weighted by Crippen LogP contribution is 2.25. The average molecular weight is 346 g/mol. The van der Waals surface area contributed by atoms with Crippen molar-refractivity contribution in [3.63, 3.8) is 0 Å². The third kappa shape index (κ3) is 3.96. The minimum atomic E-state index is -0.742. The second kappa shape index (κ2) is 7.45. The van der Waals surface area contributed by atoms with Crippen molar-refractivity contribution in [2.24, 2.45) is 0 Å². The Hall–Kier alpha value is -2.05. The number of nitrogens with one attached hydrogen (secondary N) is 1. The fraction of sp³-hybridized carbons (Fsp3) is 0.526. The van der Waals surface area contributed by atoms with Crippen LogP contribution in [0.3, 0.4) is 0 Å². The number of rotatable bonds is 4. The van der Waals surface area contributed by atoms with Gasteiger partial charge in [0.2, 0.25) is 0 Å². The van der Waals surface area contributed by atoms with Gasteiger partial charge in [0.25, 0.3) is 0 Å². The lowest BCUT2D eigenvalue weighted by molar-refractivity contribution is -0.0639. The van der Waals surface area contributed by atoms with E-state index in [0.717, 1.165) is 19.5 Å². The summed E-state index contributed by atoms with van der Waals surface area (Å²) in [6.07, 6.45) is 1.67. The van der Waals surface area contributed by atoms with Crippen LogP contribution in [0.4, 0.5) is 4.79 Å². The number of nitrogens with zero attached hydrogens (tertiary/aromatic N) is 1. The summed E-state index contributed by atoms with van der Waals surface area (Å²) in [5.41, 5.74) is 5.01. The Morgan fingerprint density at radius 2 is 2.20 bits per heavy atom. The van der Waals surface area contributed by atoms with Gasteiger partial charge in [0.1, 0.15) is 6.10 Å². The number of piperidine rings is 1. The first kappa shape index (κ1) is 17.8. The summed E-state index contributed by atoms with van der Waals surface area (Å²) >= 11 is 0. The van der Waals surface area contributed by atoms with Crippen LogP contribution in [0.1, 0.15) is 23.1 Å². The summed E-state index contributed by atoms with van der Waals surface area (Å²) in [6, 6.07) is 4.38. The Balaban J connectivity index is 1.64. The van der Waals surface area contributed by atoms with Gasteiger partial charge in [0, 0.05) is 36.7 Å². The third-order valence-electron chi connectivity index (χ3n) is 4.92. The molecule has 0 unspecified atom stereocenters. The van der Waals surface area contributed by atoms with Crippen LogP contribution in [-0.2, 0) is 15.9 Å². The average Bonchev–Trinajstić information content (AvgIpc) is 2.98. The topological polar surface area (TPSA) is 74.8 Å². The van der Waals surface area contributed by atoms with Crippen LogP contribution in [0.5, 0.6) is 0 Å². The maximum Gasteiger partial charge on any atom is 0.508 e. The zero-order valence-corrected chi connectivity index (χ0v) is 15.0. The molecule has 2 atom stereocenters. The number of aromatic nitrogens is 1. The summed E-state index contributed by atoms with van der Waals surface area (Å²) in [4.78, 5) is 16.9. The molecule has 2 heterocycles. The maximum absolute atomic E-state index is 11.3. The molecule has 6 heteroatoms. The zero-order valence-electron chi connectivity index (χ0n) is 15.0. The van der Waals surface area contributed by atoms with E-state index in [1.807, 2.05) is 0 Å². The van der Waals surface area contributed by atoms with Gasteiger partial charge in [-0.1, -0.05) is 6.07 Å². The smallest absolute Gasteiger partial charge is 0.438 e. The van der Waals surface area contributed by atoms with E-state index < -0.39 is 18.4 Å². The second-order valence-corrected chi connectivity index (χ2v) is 6.84. The molecule has 0 saturated carbocycles. The molecule has 1 saturated heterocycles. The van der Waals surface area contributed by atoms with E-state index in [1.165, 1.54) is 34.7 Å². The SMILES string of the molecule is COC(=O)O[C@H]1CN(CCc2c[nH]c3cc(C)cc(C)c23)CC[C@H]1O. The highest BCUT2D eigenvalue weighted by atomic mass is 16.7. The van der Waals surface area contributed by atoms with Crippen LogP contribution in [0.15, 0.2) is 18.3 Å². The van der Waals surface area contributed by atoms with Crippen molar-refractivity contribution in [2.75, 3.05) is 26.7 Å². The van der Waals surface area contributed by atoms with Gasteiger partial charge in [-0.25, -0.2) is 4.79 Å². The number of fused-ring (bicyclic) bond motifs is 1. The molecule has 3 rings (SSSR count). The number of benzene rings is 1. The fourth-order valence-electron chi connectivity index (χ4n) is 3.68. The molecule has 0 bridgehead atoms. The molecule has 0 amide bonds. The highest BCUT2D eigenvalue weighted by molar-refractivity contribution is 5.87. The maximum atomic E-state index is 11.3. The summed E-state index contributed by atoms with van der Waals surface area (Å²) in [7, 11) is 1.27. The van der Waals surface area contributed by atoms with Gasteiger partial charge in [0.05, 0.1) is 13.2 Å². The number of aliphatic hydroxyl groups excluding tert-OH is 1. The van der Waals surface area contributed by atoms with Crippen LogP contribution in [0.25, 0.3) is 10.9 Å². The molecule has 1 fully saturated rings. The molecule has 0 spiro atoms. The molecule has 1 aliphatic rings. The van der Waals surface area contributed by atoms with Crippen LogP contribution in [-0.4, -0.2) is 60.1 Å². The normalized spacial score (nSPS) is 21.4. The van der Waals surface area contributed by atoms with E-state index in [2.05, 4.69) is 46.8 Å². The Kier molecular flexibility index (Phi) is 5.30. The molecule has 1 aromatic carbocycles. The fourth-order valence-corrected chi connectivity index (χ4v) is 3.68. The summed E-state index contributed by atoms with van der Waals surface area (Å²) < 4.78 is 9.70. The van der Waals surface area contributed by atoms with E-state index in [0.29, 0.717) is 13.0 Å². The lowest BCUT2D eigenvalue weighted by atomic mass is 10.0. The number of likely N-dealkylation sites (tertiary alicyclic amines) is 1. The Morgan fingerprint density at radius 1 is 1.40 bits per heavy atom. The molecule has 0 aliphatic carbocycles. The van der Waals surface area contributed by atoms with E-state index in [-0.39, 0.29) is 0 Å². The number of H-pyrrole nitrogens is 1. The molecule has 25 heavy (non-hydrogen) atoms. The van der Waals surface area contributed by atoms with E-state index in [1.54, 1.807) is 0 Å². The van der Waals surface area contributed by atoms with Crippen LogP contribution in [0.2, 0.25) is 0 Å². The second-order valence-electron chi connectivity index (χ2n) is 6.84. The molecular weight excluding hydrogens is 320 g/mol. The lowest BCUT2D eigenvalue weighted by Gasteiger charge is -2.35. The minimum absolute atomic E-state index is 0.525. The molecule has 136 valence electrons. The number of aryl methyl sites for hydroxylation is 2. The summed E-state index contributed by atoms with van der Waals surface area (Å²) in [6.45, 7) is 6.42. The van der Waals surface area contributed by atoms with E-state index in [9.17, 15) is 9.90 Å². The first-order valence-corrected chi connectivity index (χ1v) is 8.70. The number of hydrogen-bond donors (Lipinski definition) is 2. The number of hydrogen-bond acceptors (Lipinski definition) is 5. The van der Waals surface area contributed by atoms with E-state index >= 15 is 0 Å². The van der Waals surface area contributed by atoms with Crippen LogP contribution >= 0.6 is 0 Å². The first-order chi connectivity index (χ1) is 12.0. The molecule has 6 nitrogen and oxygen atoms in total. The van der Waals surface area contributed by atoms with Gasteiger partial charge < -0.3 is 19.6 Å². The minimum Gasteiger partial charge on any atom is -0.438 e. The van der Waals surface area contributed by atoms with Crippen molar-refractivity contribution in [2.45, 2.75) is 38.9 Å².